The topological polar surface area (TPSA) is 30.5 Å². The summed E-state index contributed by atoms with van der Waals surface area (Å²) in [6, 6.07) is 4.07. The lowest BCUT2D eigenvalue weighted by Crippen LogP contribution is -2.18. The second-order valence-corrected chi connectivity index (χ2v) is 5.31. The molecule has 0 radical (unpaired) electrons. The molecule has 0 unspecified atom stereocenters. The van der Waals surface area contributed by atoms with Crippen LogP contribution >= 0.6 is 23.4 Å². The molecule has 0 aromatic heterocycles. The summed E-state index contributed by atoms with van der Waals surface area (Å²) in [6.45, 7) is 6.21. The largest absolute Gasteiger partial charge is 0.486 e. The summed E-state index contributed by atoms with van der Waals surface area (Å²) >= 11 is 7.42. The predicted molar refractivity (Wildman–Crippen MR) is 75.9 cm³/mol. The fourth-order valence-electron chi connectivity index (χ4n) is 1.77. The van der Waals surface area contributed by atoms with Crippen LogP contribution in [-0.2, 0) is 6.54 Å². The molecule has 1 N–H and O–H groups in total. The van der Waals surface area contributed by atoms with Crippen LogP contribution in [0.25, 0.3) is 0 Å². The van der Waals surface area contributed by atoms with Crippen molar-refractivity contribution in [3.63, 3.8) is 0 Å². The van der Waals surface area contributed by atoms with Gasteiger partial charge < -0.3 is 14.8 Å². The summed E-state index contributed by atoms with van der Waals surface area (Å²) in [5.74, 6) is 1.65. The Morgan fingerprint density at radius 3 is 2.67 bits per heavy atom. The first-order valence-corrected chi connectivity index (χ1v) is 7.31. The molecule has 1 aromatic rings. The lowest BCUT2D eigenvalue weighted by molar-refractivity contribution is 0.171. The summed E-state index contributed by atoms with van der Waals surface area (Å²) in [7, 11) is 0. The van der Waals surface area contributed by atoms with Crippen molar-refractivity contribution in [3.8, 4) is 11.5 Å². The van der Waals surface area contributed by atoms with Crippen LogP contribution in [0, 0.1) is 0 Å². The number of ether oxygens (including phenoxy) is 2. The Hall–Kier alpha value is -0.840. The molecule has 0 amide bonds. The first-order valence-electron chi connectivity index (χ1n) is 5.71. The minimum absolute atomic E-state index is 0.601. The van der Waals surface area contributed by atoms with E-state index in [1.54, 1.807) is 11.8 Å². The predicted octanol–water partition coefficient (Wildman–Crippen LogP) is 3.02. The molecule has 1 heterocycles. The molecule has 0 saturated heterocycles. The maximum absolute atomic E-state index is 5.73. The van der Waals surface area contributed by atoms with E-state index in [1.165, 1.54) is 10.5 Å². The summed E-state index contributed by atoms with van der Waals surface area (Å²) in [6.07, 6.45) is 2.05. The second-order valence-electron chi connectivity index (χ2n) is 3.93. The first-order chi connectivity index (χ1) is 8.70. The van der Waals surface area contributed by atoms with E-state index in [4.69, 9.17) is 21.1 Å². The second kappa shape index (κ2) is 6.36. The monoisotopic (exact) mass is 285 g/mol. The number of thioether (sulfide) groups is 1. The molecule has 1 aromatic carbocycles. The van der Waals surface area contributed by atoms with E-state index in [9.17, 15) is 0 Å². The Morgan fingerprint density at radius 1 is 1.39 bits per heavy atom. The average molecular weight is 286 g/mol. The SMILES string of the molecule is C=C(Cl)CNCc1cc2c(cc1SC)OCCO2. The normalized spacial score (nSPS) is 13.4. The molecule has 0 aliphatic carbocycles. The molecule has 0 saturated carbocycles. The molecule has 0 atom stereocenters. The van der Waals surface area contributed by atoms with Gasteiger partial charge in [-0.15, -0.1) is 11.8 Å². The number of hydrogen-bond donors (Lipinski definition) is 1. The molecule has 1 aliphatic rings. The molecule has 5 heteroatoms. The van der Waals surface area contributed by atoms with Crippen molar-refractivity contribution in [2.75, 3.05) is 26.0 Å². The van der Waals surface area contributed by atoms with Gasteiger partial charge in [-0.05, 0) is 24.0 Å². The van der Waals surface area contributed by atoms with Gasteiger partial charge in [0.15, 0.2) is 11.5 Å². The smallest absolute Gasteiger partial charge is 0.162 e. The van der Waals surface area contributed by atoms with E-state index < -0.39 is 0 Å². The van der Waals surface area contributed by atoms with Crippen molar-refractivity contribution in [3.05, 3.63) is 29.3 Å². The highest BCUT2D eigenvalue weighted by atomic mass is 35.5. The maximum atomic E-state index is 5.73. The Morgan fingerprint density at radius 2 is 2.06 bits per heavy atom. The number of nitrogens with one attached hydrogen (secondary N) is 1. The van der Waals surface area contributed by atoms with E-state index in [-0.39, 0.29) is 0 Å². The average Bonchev–Trinajstić information content (AvgIpc) is 2.37. The van der Waals surface area contributed by atoms with Crippen molar-refractivity contribution >= 4 is 23.4 Å². The lowest BCUT2D eigenvalue weighted by atomic mass is 10.2. The zero-order valence-corrected chi connectivity index (χ0v) is 11.9. The Labute approximate surface area is 116 Å². The van der Waals surface area contributed by atoms with Gasteiger partial charge in [0.2, 0.25) is 0 Å². The van der Waals surface area contributed by atoms with Gasteiger partial charge in [0.05, 0.1) is 0 Å². The fraction of sp³-hybridized carbons (Fsp3) is 0.385. The van der Waals surface area contributed by atoms with Crippen molar-refractivity contribution in [2.24, 2.45) is 0 Å². The summed E-state index contributed by atoms with van der Waals surface area (Å²) in [5, 5.41) is 3.85. The number of halogens is 1. The van der Waals surface area contributed by atoms with Crippen molar-refractivity contribution in [1.82, 2.24) is 5.32 Å². The van der Waals surface area contributed by atoms with Gasteiger partial charge >= 0.3 is 0 Å². The fourth-order valence-corrected chi connectivity index (χ4v) is 2.49. The van der Waals surface area contributed by atoms with Gasteiger partial charge in [-0.25, -0.2) is 0 Å². The molecule has 1 aliphatic heterocycles. The molecule has 0 bridgehead atoms. The highest BCUT2D eigenvalue weighted by molar-refractivity contribution is 7.98. The van der Waals surface area contributed by atoms with Crippen LogP contribution in [0.1, 0.15) is 5.56 Å². The Kier molecular flexibility index (Phi) is 4.80. The standard InChI is InChI=1S/C13H16ClNO2S/c1-9(14)7-15-8-10-5-11-12(6-13(10)18-2)17-4-3-16-11/h5-6,15H,1,3-4,7-8H2,2H3. The first kappa shape index (κ1) is 13.6. The zero-order valence-electron chi connectivity index (χ0n) is 10.3. The third kappa shape index (κ3) is 3.34. The van der Waals surface area contributed by atoms with E-state index >= 15 is 0 Å². The van der Waals surface area contributed by atoms with Gasteiger partial charge in [-0.1, -0.05) is 18.2 Å². The van der Waals surface area contributed by atoms with E-state index in [2.05, 4.69) is 18.2 Å². The highest BCUT2D eigenvalue weighted by Crippen LogP contribution is 2.36. The Balaban J connectivity index is 2.14. The van der Waals surface area contributed by atoms with Crippen LogP contribution in [0.2, 0.25) is 0 Å². The van der Waals surface area contributed by atoms with Crippen molar-refractivity contribution < 1.29 is 9.47 Å². The minimum atomic E-state index is 0.601. The van der Waals surface area contributed by atoms with E-state index in [0.29, 0.717) is 24.8 Å². The van der Waals surface area contributed by atoms with Crippen LogP contribution in [0.5, 0.6) is 11.5 Å². The van der Waals surface area contributed by atoms with Crippen LogP contribution in [0.3, 0.4) is 0 Å². The third-order valence-corrected chi connectivity index (χ3v) is 3.53. The molecule has 0 fully saturated rings. The van der Waals surface area contributed by atoms with Crippen LogP contribution in [0.15, 0.2) is 28.6 Å². The van der Waals surface area contributed by atoms with Crippen LogP contribution < -0.4 is 14.8 Å². The summed E-state index contributed by atoms with van der Waals surface area (Å²) < 4.78 is 11.2. The number of fused-ring (bicyclic) bond motifs is 1. The van der Waals surface area contributed by atoms with E-state index in [0.717, 1.165) is 18.0 Å². The lowest BCUT2D eigenvalue weighted by Gasteiger charge is -2.20. The number of hydrogen-bond acceptors (Lipinski definition) is 4. The van der Waals surface area contributed by atoms with Crippen molar-refractivity contribution in [2.45, 2.75) is 11.4 Å². The number of benzene rings is 1. The molecule has 3 nitrogen and oxygen atoms in total. The minimum Gasteiger partial charge on any atom is -0.486 e. The zero-order chi connectivity index (χ0) is 13.0. The quantitative estimate of drug-likeness (QED) is 0.843. The van der Waals surface area contributed by atoms with Gasteiger partial charge in [0, 0.05) is 23.0 Å². The molecular formula is C13H16ClNO2S. The highest BCUT2D eigenvalue weighted by Gasteiger charge is 2.15. The molecule has 0 spiro atoms. The van der Waals surface area contributed by atoms with Gasteiger partial charge in [-0.2, -0.15) is 0 Å². The third-order valence-electron chi connectivity index (χ3n) is 2.58. The van der Waals surface area contributed by atoms with Crippen LogP contribution in [-0.4, -0.2) is 26.0 Å². The van der Waals surface area contributed by atoms with Gasteiger partial charge in [0.25, 0.3) is 0 Å². The molecule has 18 heavy (non-hydrogen) atoms. The molecular weight excluding hydrogens is 270 g/mol. The summed E-state index contributed by atoms with van der Waals surface area (Å²) in [4.78, 5) is 1.19. The van der Waals surface area contributed by atoms with Crippen molar-refractivity contribution in [1.29, 1.82) is 0 Å². The van der Waals surface area contributed by atoms with Gasteiger partial charge in [-0.3, -0.25) is 0 Å². The summed E-state index contributed by atoms with van der Waals surface area (Å²) in [5.41, 5.74) is 1.18. The maximum Gasteiger partial charge on any atom is 0.162 e. The molecule has 2 rings (SSSR count). The Bertz CT molecular complexity index is 451. The van der Waals surface area contributed by atoms with Crippen LogP contribution in [0.4, 0.5) is 0 Å². The van der Waals surface area contributed by atoms with Gasteiger partial charge in [0.1, 0.15) is 13.2 Å². The molecule has 98 valence electrons. The van der Waals surface area contributed by atoms with E-state index in [1.807, 2.05) is 12.1 Å². The number of rotatable bonds is 5.